The summed E-state index contributed by atoms with van der Waals surface area (Å²) in [7, 11) is 3.02. The van der Waals surface area contributed by atoms with Crippen molar-refractivity contribution in [1.29, 1.82) is 0 Å². The number of ether oxygens (including phenoxy) is 2. The number of thiophene rings is 1. The summed E-state index contributed by atoms with van der Waals surface area (Å²) in [4.78, 5) is 16.4. The Bertz CT molecular complexity index is 799. The summed E-state index contributed by atoms with van der Waals surface area (Å²) in [5.74, 6) is 0.425. The predicted molar refractivity (Wildman–Crippen MR) is 84.2 cm³/mol. The van der Waals surface area contributed by atoms with Gasteiger partial charge < -0.3 is 14.5 Å². The van der Waals surface area contributed by atoms with Crippen LogP contribution in [0.25, 0.3) is 21.3 Å². The van der Waals surface area contributed by atoms with Crippen molar-refractivity contribution in [2.75, 3.05) is 14.2 Å². The summed E-state index contributed by atoms with van der Waals surface area (Å²) in [5, 5.41) is 0. The number of methoxy groups -OCH3 is 2. The predicted octanol–water partition coefficient (Wildman–Crippen LogP) is 4.00. The first-order valence-electron chi connectivity index (χ1n) is 6.49. The second-order valence-corrected chi connectivity index (χ2v) is 5.95. The number of aromatic amines is 1. The molecule has 21 heavy (non-hydrogen) atoms. The Labute approximate surface area is 126 Å². The van der Waals surface area contributed by atoms with Crippen LogP contribution in [0, 0.1) is 6.92 Å². The Morgan fingerprint density at radius 1 is 1.19 bits per heavy atom. The first-order valence-corrected chi connectivity index (χ1v) is 7.30. The van der Waals surface area contributed by atoms with Gasteiger partial charge in [-0.3, -0.25) is 0 Å². The number of nitrogens with one attached hydrogen (secondary N) is 1. The number of esters is 1. The zero-order valence-electron chi connectivity index (χ0n) is 12.0. The fourth-order valence-electron chi connectivity index (χ4n) is 2.39. The van der Waals surface area contributed by atoms with Crippen molar-refractivity contribution in [1.82, 2.24) is 4.98 Å². The second-order valence-electron chi connectivity index (χ2n) is 4.69. The van der Waals surface area contributed by atoms with E-state index in [0.29, 0.717) is 5.69 Å². The highest BCUT2D eigenvalue weighted by molar-refractivity contribution is 7.19. The van der Waals surface area contributed by atoms with E-state index in [1.165, 1.54) is 12.0 Å². The smallest absolute Gasteiger partial charge is 0.355 e. The van der Waals surface area contributed by atoms with E-state index in [0.717, 1.165) is 27.1 Å². The molecule has 2 heterocycles. The van der Waals surface area contributed by atoms with Crippen LogP contribution in [0.2, 0.25) is 0 Å². The van der Waals surface area contributed by atoms with E-state index in [1.807, 2.05) is 37.3 Å². The Balaban J connectivity index is 2.23. The molecule has 0 unspecified atom stereocenters. The van der Waals surface area contributed by atoms with Gasteiger partial charge in [-0.2, -0.15) is 0 Å². The topological polar surface area (TPSA) is 51.3 Å². The highest BCUT2D eigenvalue weighted by atomic mass is 32.1. The number of H-pyrrole nitrogens is 1. The highest BCUT2D eigenvalue weighted by Crippen LogP contribution is 2.38. The van der Waals surface area contributed by atoms with E-state index in [4.69, 9.17) is 9.47 Å². The molecule has 3 rings (SSSR count). The molecule has 2 aromatic heterocycles. The summed E-state index contributed by atoms with van der Waals surface area (Å²) in [5.41, 5.74) is 3.30. The molecule has 4 nitrogen and oxygen atoms in total. The van der Waals surface area contributed by atoms with Gasteiger partial charge in [0.2, 0.25) is 0 Å². The lowest BCUT2D eigenvalue weighted by atomic mass is 10.1. The maximum atomic E-state index is 12.0. The number of carbonyl (C=O) groups is 1. The van der Waals surface area contributed by atoms with Crippen LogP contribution in [0.1, 0.15) is 15.4 Å². The summed E-state index contributed by atoms with van der Waals surface area (Å²) in [6.45, 7) is 2.05. The quantitative estimate of drug-likeness (QED) is 0.744. The first-order chi connectivity index (χ1) is 10.1. The van der Waals surface area contributed by atoms with Crippen molar-refractivity contribution in [3.63, 3.8) is 0 Å². The number of aromatic nitrogens is 1. The molecule has 0 spiro atoms. The molecular formula is C16H15NO3S. The summed E-state index contributed by atoms with van der Waals surface area (Å²) in [6, 6.07) is 9.71. The summed E-state index contributed by atoms with van der Waals surface area (Å²) in [6.07, 6.45) is 0. The van der Waals surface area contributed by atoms with Crippen molar-refractivity contribution in [3.05, 3.63) is 40.9 Å². The lowest BCUT2D eigenvalue weighted by molar-refractivity contribution is 0.0596. The molecule has 0 aliphatic heterocycles. The first kappa shape index (κ1) is 13.7. The normalized spacial score (nSPS) is 10.8. The van der Waals surface area contributed by atoms with Gasteiger partial charge in [-0.05, 0) is 30.7 Å². The monoisotopic (exact) mass is 301 g/mol. The van der Waals surface area contributed by atoms with Gasteiger partial charge in [0.15, 0.2) is 0 Å². The summed E-state index contributed by atoms with van der Waals surface area (Å²) < 4.78 is 11.1. The van der Waals surface area contributed by atoms with E-state index in [2.05, 4.69) is 4.98 Å². The van der Waals surface area contributed by atoms with Crippen LogP contribution in [-0.4, -0.2) is 25.2 Å². The maximum Gasteiger partial charge on any atom is 0.355 e. The third-order valence-corrected chi connectivity index (χ3v) is 4.43. The fourth-order valence-corrected chi connectivity index (χ4v) is 3.43. The molecule has 0 amide bonds. The van der Waals surface area contributed by atoms with Crippen molar-refractivity contribution in [3.8, 4) is 16.9 Å². The lowest BCUT2D eigenvalue weighted by Gasteiger charge is -2.05. The number of aryl methyl sites for hydroxylation is 1. The molecule has 108 valence electrons. The number of benzene rings is 1. The van der Waals surface area contributed by atoms with Crippen LogP contribution in [0.15, 0.2) is 30.3 Å². The average Bonchev–Trinajstić information content (AvgIpc) is 3.02. The van der Waals surface area contributed by atoms with Gasteiger partial charge in [-0.15, -0.1) is 11.3 Å². The van der Waals surface area contributed by atoms with Crippen molar-refractivity contribution in [2.24, 2.45) is 0 Å². The second kappa shape index (κ2) is 5.26. The van der Waals surface area contributed by atoms with Crippen LogP contribution in [0.3, 0.4) is 0 Å². The standard InChI is InChI=1S/C16H15NO3S/c1-9-8-12-15(21-9)13(14(17-12)16(18)20-3)10-4-6-11(19-2)7-5-10/h4-8,17H,1-3H3. The molecule has 0 atom stereocenters. The van der Waals surface area contributed by atoms with Crippen LogP contribution in [0.4, 0.5) is 0 Å². The van der Waals surface area contributed by atoms with Crippen molar-refractivity contribution in [2.45, 2.75) is 6.92 Å². The molecular weight excluding hydrogens is 286 g/mol. The van der Waals surface area contributed by atoms with Crippen LogP contribution in [-0.2, 0) is 4.74 Å². The lowest BCUT2D eigenvalue weighted by Crippen LogP contribution is -2.03. The van der Waals surface area contributed by atoms with E-state index in [1.54, 1.807) is 18.4 Å². The molecule has 0 aliphatic carbocycles. The minimum atomic E-state index is -0.359. The molecule has 5 heteroatoms. The Morgan fingerprint density at radius 2 is 1.90 bits per heavy atom. The molecule has 0 saturated carbocycles. The third-order valence-electron chi connectivity index (χ3n) is 3.36. The van der Waals surface area contributed by atoms with Gasteiger partial charge in [0.05, 0.1) is 24.4 Å². The maximum absolute atomic E-state index is 12.0. The SMILES string of the molecule is COC(=O)c1[nH]c2cc(C)sc2c1-c1ccc(OC)cc1. The molecule has 0 fully saturated rings. The van der Waals surface area contributed by atoms with E-state index in [-0.39, 0.29) is 5.97 Å². The van der Waals surface area contributed by atoms with Gasteiger partial charge in [-0.1, -0.05) is 12.1 Å². The fraction of sp³-hybridized carbons (Fsp3) is 0.188. The van der Waals surface area contributed by atoms with E-state index >= 15 is 0 Å². The largest absolute Gasteiger partial charge is 0.497 e. The zero-order valence-corrected chi connectivity index (χ0v) is 12.8. The van der Waals surface area contributed by atoms with Gasteiger partial charge in [-0.25, -0.2) is 4.79 Å². The third kappa shape index (κ3) is 2.29. The summed E-state index contributed by atoms with van der Waals surface area (Å²) >= 11 is 1.66. The van der Waals surface area contributed by atoms with Crippen molar-refractivity contribution < 1.29 is 14.3 Å². The van der Waals surface area contributed by atoms with E-state index in [9.17, 15) is 4.79 Å². The Hall–Kier alpha value is -2.27. The number of carbonyl (C=O) groups excluding carboxylic acids is 1. The Morgan fingerprint density at radius 3 is 2.52 bits per heavy atom. The number of hydrogen-bond donors (Lipinski definition) is 1. The minimum Gasteiger partial charge on any atom is -0.497 e. The Kier molecular flexibility index (Phi) is 3.43. The van der Waals surface area contributed by atoms with Crippen LogP contribution in [0.5, 0.6) is 5.75 Å². The number of hydrogen-bond acceptors (Lipinski definition) is 4. The van der Waals surface area contributed by atoms with Gasteiger partial charge in [0.25, 0.3) is 0 Å². The molecule has 3 aromatic rings. The molecule has 0 aliphatic rings. The number of fused-ring (bicyclic) bond motifs is 1. The number of rotatable bonds is 3. The molecule has 1 aromatic carbocycles. The van der Waals surface area contributed by atoms with Gasteiger partial charge >= 0.3 is 5.97 Å². The van der Waals surface area contributed by atoms with Gasteiger partial charge in [0.1, 0.15) is 11.4 Å². The van der Waals surface area contributed by atoms with Crippen LogP contribution < -0.4 is 4.74 Å². The van der Waals surface area contributed by atoms with E-state index < -0.39 is 0 Å². The molecule has 0 bridgehead atoms. The van der Waals surface area contributed by atoms with Crippen LogP contribution >= 0.6 is 11.3 Å². The molecule has 0 radical (unpaired) electrons. The molecule has 0 saturated heterocycles. The zero-order chi connectivity index (χ0) is 15.0. The average molecular weight is 301 g/mol. The minimum absolute atomic E-state index is 0.359. The highest BCUT2D eigenvalue weighted by Gasteiger charge is 2.21. The molecule has 1 N–H and O–H groups in total. The van der Waals surface area contributed by atoms with Gasteiger partial charge in [0, 0.05) is 10.4 Å². The van der Waals surface area contributed by atoms with Crippen molar-refractivity contribution >= 4 is 27.5 Å².